The summed E-state index contributed by atoms with van der Waals surface area (Å²) in [5.74, 6) is 0.458. The normalized spacial score (nSPS) is 12.5. The first-order valence-corrected chi connectivity index (χ1v) is 10.6. The molecule has 0 saturated carbocycles. The number of anilines is 1. The third kappa shape index (κ3) is 5.07. The molecule has 29 heavy (non-hydrogen) atoms. The number of carbonyl (C=O) groups excluding carboxylic acids is 1. The number of nitrogens with one attached hydrogen (secondary N) is 2. The molecule has 0 aliphatic heterocycles. The number of nitrogens with zero attached hydrogens (tertiary/aromatic N) is 2. The van der Waals surface area contributed by atoms with Crippen LogP contribution in [0.3, 0.4) is 0 Å². The van der Waals surface area contributed by atoms with E-state index >= 15 is 0 Å². The van der Waals surface area contributed by atoms with Crippen LogP contribution in [0.5, 0.6) is 0 Å². The van der Waals surface area contributed by atoms with Crippen LogP contribution in [0.4, 0.5) is 5.69 Å². The average molecular weight is 414 g/mol. The molecule has 1 unspecified atom stereocenters. The van der Waals surface area contributed by atoms with Crippen molar-refractivity contribution in [3.63, 3.8) is 0 Å². The Kier molecular flexibility index (Phi) is 6.09. The standard InChI is InChI=1S/C20H22N4O4S/c1-4-18-22-19(23-28-18)15-6-5-7-16(12-15)21-20(25)14(3)24-29(26,27)17-10-8-13(2)9-11-17/h5-12,14,24H,4H2,1-3H3,(H,21,25). The van der Waals surface area contributed by atoms with Crippen molar-refractivity contribution < 1.29 is 17.7 Å². The molecular formula is C20H22N4O4S. The van der Waals surface area contributed by atoms with Crippen LogP contribution in [0.15, 0.2) is 57.9 Å². The van der Waals surface area contributed by atoms with E-state index in [1.165, 1.54) is 19.1 Å². The van der Waals surface area contributed by atoms with Gasteiger partial charge < -0.3 is 9.84 Å². The van der Waals surface area contributed by atoms with Gasteiger partial charge in [0.15, 0.2) is 0 Å². The van der Waals surface area contributed by atoms with E-state index in [9.17, 15) is 13.2 Å². The minimum Gasteiger partial charge on any atom is -0.339 e. The van der Waals surface area contributed by atoms with Gasteiger partial charge in [0.1, 0.15) is 0 Å². The van der Waals surface area contributed by atoms with E-state index in [0.717, 1.165) is 5.56 Å². The predicted molar refractivity (Wildman–Crippen MR) is 109 cm³/mol. The number of benzene rings is 2. The summed E-state index contributed by atoms with van der Waals surface area (Å²) in [5.41, 5.74) is 2.12. The van der Waals surface area contributed by atoms with E-state index in [1.807, 2.05) is 13.8 Å². The maximum atomic E-state index is 12.5. The monoisotopic (exact) mass is 414 g/mol. The summed E-state index contributed by atoms with van der Waals surface area (Å²) >= 11 is 0. The number of sulfonamides is 1. The molecule has 2 aromatic carbocycles. The molecule has 0 saturated heterocycles. The molecule has 0 fully saturated rings. The second-order valence-corrected chi connectivity index (χ2v) is 8.31. The largest absolute Gasteiger partial charge is 0.339 e. The van der Waals surface area contributed by atoms with E-state index < -0.39 is 22.0 Å². The van der Waals surface area contributed by atoms with Crippen LogP contribution in [-0.4, -0.2) is 30.5 Å². The summed E-state index contributed by atoms with van der Waals surface area (Å²) in [6.07, 6.45) is 0.627. The molecule has 0 bridgehead atoms. The fourth-order valence-electron chi connectivity index (χ4n) is 2.57. The van der Waals surface area contributed by atoms with Gasteiger partial charge in [-0.15, -0.1) is 0 Å². The van der Waals surface area contributed by atoms with Crippen LogP contribution in [0.1, 0.15) is 25.3 Å². The Balaban J connectivity index is 1.69. The van der Waals surface area contributed by atoms with Crippen molar-refractivity contribution in [1.29, 1.82) is 0 Å². The van der Waals surface area contributed by atoms with Gasteiger partial charge in [-0.3, -0.25) is 4.79 Å². The fraction of sp³-hybridized carbons (Fsp3) is 0.250. The topological polar surface area (TPSA) is 114 Å². The molecule has 2 N–H and O–H groups in total. The van der Waals surface area contributed by atoms with Crippen molar-refractivity contribution in [2.24, 2.45) is 0 Å². The highest BCUT2D eigenvalue weighted by Crippen LogP contribution is 2.20. The van der Waals surface area contributed by atoms with E-state index in [0.29, 0.717) is 29.4 Å². The van der Waals surface area contributed by atoms with E-state index in [2.05, 4.69) is 20.2 Å². The van der Waals surface area contributed by atoms with Crippen LogP contribution in [-0.2, 0) is 21.2 Å². The molecule has 0 aliphatic rings. The van der Waals surface area contributed by atoms with Crippen molar-refractivity contribution in [2.75, 3.05) is 5.32 Å². The Bertz CT molecular complexity index is 1110. The number of hydrogen-bond donors (Lipinski definition) is 2. The van der Waals surface area contributed by atoms with Crippen LogP contribution in [0.2, 0.25) is 0 Å². The van der Waals surface area contributed by atoms with Crippen LogP contribution in [0, 0.1) is 6.92 Å². The summed E-state index contributed by atoms with van der Waals surface area (Å²) in [5, 5.41) is 6.61. The molecule has 9 heteroatoms. The molecule has 8 nitrogen and oxygen atoms in total. The second kappa shape index (κ2) is 8.54. The highest BCUT2D eigenvalue weighted by molar-refractivity contribution is 7.89. The van der Waals surface area contributed by atoms with Gasteiger partial charge in [-0.1, -0.05) is 41.9 Å². The molecule has 152 valence electrons. The quantitative estimate of drug-likeness (QED) is 0.614. The minimum atomic E-state index is -3.81. The molecule has 0 spiro atoms. The van der Waals surface area contributed by atoms with Gasteiger partial charge in [0.25, 0.3) is 0 Å². The lowest BCUT2D eigenvalue weighted by Gasteiger charge is -2.15. The first-order chi connectivity index (χ1) is 13.8. The van der Waals surface area contributed by atoms with Crippen LogP contribution < -0.4 is 10.0 Å². The van der Waals surface area contributed by atoms with Crippen molar-refractivity contribution in [1.82, 2.24) is 14.9 Å². The Morgan fingerprint density at radius 3 is 2.55 bits per heavy atom. The van der Waals surface area contributed by atoms with Crippen molar-refractivity contribution in [2.45, 2.75) is 38.1 Å². The molecule has 0 aliphatic carbocycles. The Morgan fingerprint density at radius 1 is 1.17 bits per heavy atom. The third-order valence-corrected chi connectivity index (χ3v) is 5.77. The zero-order chi connectivity index (χ0) is 21.0. The summed E-state index contributed by atoms with van der Waals surface area (Å²) in [6.45, 7) is 5.26. The maximum Gasteiger partial charge on any atom is 0.242 e. The molecule has 1 atom stereocenters. The fourth-order valence-corrected chi connectivity index (χ4v) is 3.78. The van der Waals surface area contributed by atoms with E-state index in [4.69, 9.17) is 4.52 Å². The van der Waals surface area contributed by atoms with Gasteiger partial charge in [0.05, 0.1) is 10.9 Å². The zero-order valence-electron chi connectivity index (χ0n) is 16.3. The van der Waals surface area contributed by atoms with Crippen molar-refractivity contribution in [3.05, 3.63) is 60.0 Å². The Hall–Kier alpha value is -3.04. The van der Waals surface area contributed by atoms with Gasteiger partial charge in [-0.05, 0) is 38.1 Å². The molecule has 1 aromatic heterocycles. The molecule has 3 aromatic rings. The second-order valence-electron chi connectivity index (χ2n) is 6.59. The van der Waals surface area contributed by atoms with E-state index in [1.54, 1.807) is 36.4 Å². The summed E-state index contributed by atoms with van der Waals surface area (Å²) in [6, 6.07) is 12.4. The maximum absolute atomic E-state index is 12.5. The summed E-state index contributed by atoms with van der Waals surface area (Å²) in [7, 11) is -3.81. The molecule has 3 rings (SSSR count). The zero-order valence-corrected chi connectivity index (χ0v) is 17.2. The van der Waals surface area contributed by atoms with Gasteiger partial charge in [-0.25, -0.2) is 8.42 Å². The van der Waals surface area contributed by atoms with Gasteiger partial charge in [-0.2, -0.15) is 9.71 Å². The first kappa shape index (κ1) is 20.7. The van der Waals surface area contributed by atoms with Gasteiger partial charge in [0.2, 0.25) is 27.6 Å². The van der Waals surface area contributed by atoms with Crippen molar-refractivity contribution >= 4 is 21.6 Å². The van der Waals surface area contributed by atoms with Crippen LogP contribution in [0.25, 0.3) is 11.4 Å². The SMILES string of the molecule is CCc1nc(-c2cccc(NC(=O)C(C)NS(=O)(=O)c3ccc(C)cc3)c2)no1. The van der Waals surface area contributed by atoms with Crippen LogP contribution >= 0.6 is 0 Å². The summed E-state index contributed by atoms with van der Waals surface area (Å²) in [4.78, 5) is 16.9. The number of rotatable bonds is 7. The Labute approximate surface area is 169 Å². The average Bonchev–Trinajstić information content (AvgIpc) is 3.17. The molecule has 1 amide bonds. The van der Waals surface area contributed by atoms with Gasteiger partial charge in [0, 0.05) is 17.7 Å². The highest BCUT2D eigenvalue weighted by atomic mass is 32.2. The highest BCUT2D eigenvalue weighted by Gasteiger charge is 2.22. The van der Waals surface area contributed by atoms with E-state index in [-0.39, 0.29) is 4.90 Å². The number of carbonyl (C=O) groups is 1. The lowest BCUT2D eigenvalue weighted by atomic mass is 10.2. The lowest BCUT2D eigenvalue weighted by Crippen LogP contribution is -2.41. The predicted octanol–water partition coefficient (Wildman–Crippen LogP) is 2.91. The number of hydrogen-bond acceptors (Lipinski definition) is 6. The Morgan fingerprint density at radius 2 is 1.90 bits per heavy atom. The minimum absolute atomic E-state index is 0.105. The number of aromatic nitrogens is 2. The van der Waals surface area contributed by atoms with Crippen molar-refractivity contribution in [3.8, 4) is 11.4 Å². The summed E-state index contributed by atoms with van der Waals surface area (Å²) < 4.78 is 32.4. The number of amides is 1. The molecule has 0 radical (unpaired) electrons. The van der Waals surface area contributed by atoms with Gasteiger partial charge >= 0.3 is 0 Å². The smallest absolute Gasteiger partial charge is 0.242 e. The number of aryl methyl sites for hydroxylation is 2. The molecular weight excluding hydrogens is 392 g/mol. The molecule has 1 heterocycles. The third-order valence-electron chi connectivity index (χ3n) is 4.22. The first-order valence-electron chi connectivity index (χ1n) is 9.11. The lowest BCUT2D eigenvalue weighted by molar-refractivity contribution is -0.117.